The van der Waals surface area contributed by atoms with Crippen molar-refractivity contribution in [3.8, 4) is 0 Å². The average Bonchev–Trinajstić information content (AvgIpc) is 1.67. The van der Waals surface area contributed by atoms with Crippen LogP contribution in [0.15, 0.2) is 0 Å². The molecule has 0 aromatic carbocycles. The molecule has 0 spiro atoms. The predicted octanol–water partition coefficient (Wildman–Crippen LogP) is -0.473. The van der Waals surface area contributed by atoms with E-state index in [9.17, 15) is 0 Å². The summed E-state index contributed by atoms with van der Waals surface area (Å²) in [5.74, 6) is 0. The van der Waals surface area contributed by atoms with Crippen molar-refractivity contribution in [2.75, 3.05) is 0 Å². The summed E-state index contributed by atoms with van der Waals surface area (Å²) in [5, 5.41) is 0. The number of rotatable bonds is 0. The Bertz CT molecular complexity index is 216. The molecular formula is C16H42FNO3. The molecule has 4 nitrogen and oxygen atoms in total. The second-order valence-electron chi connectivity index (χ2n) is 9.35. The summed E-state index contributed by atoms with van der Waals surface area (Å²) in [6, 6.07) is 0. The lowest BCUT2D eigenvalue weighted by molar-refractivity contribution is -1.08. The highest BCUT2D eigenvalue weighted by molar-refractivity contribution is 4.88. The van der Waals surface area contributed by atoms with Gasteiger partial charge < -0.3 is 25.6 Å². The molecule has 0 rings (SSSR count). The molecule has 0 atom stereocenters. The SMILES string of the molecule is CC(C)(C)[N+](C(C)(C)C)(C(C)(C)C)C(C)(C)C.O.O.O.[F-]. The van der Waals surface area contributed by atoms with E-state index in [2.05, 4.69) is 83.1 Å². The Kier molecular flexibility index (Phi) is 12.2. The first-order chi connectivity index (χ1) is 7.00. The number of halogens is 1. The molecule has 6 N–H and O–H groups in total. The Hall–Kier alpha value is -0.230. The molecule has 0 heterocycles. The van der Waals surface area contributed by atoms with Gasteiger partial charge in [-0.2, -0.15) is 0 Å². The van der Waals surface area contributed by atoms with Crippen molar-refractivity contribution in [1.29, 1.82) is 0 Å². The lowest BCUT2D eigenvalue weighted by Gasteiger charge is -2.70. The zero-order valence-corrected chi connectivity index (χ0v) is 16.3. The van der Waals surface area contributed by atoms with E-state index in [0.29, 0.717) is 0 Å². The van der Waals surface area contributed by atoms with Crippen molar-refractivity contribution >= 4 is 0 Å². The van der Waals surface area contributed by atoms with Crippen molar-refractivity contribution in [3.05, 3.63) is 0 Å². The van der Waals surface area contributed by atoms with Gasteiger partial charge in [0, 0.05) is 0 Å². The van der Waals surface area contributed by atoms with Crippen LogP contribution in [0.1, 0.15) is 83.1 Å². The van der Waals surface area contributed by atoms with Crippen LogP contribution < -0.4 is 4.70 Å². The maximum absolute atomic E-state index is 2.38. The number of hydrogen-bond acceptors (Lipinski definition) is 0. The molecule has 0 saturated carbocycles. The van der Waals surface area contributed by atoms with E-state index in [1.165, 1.54) is 0 Å². The minimum Gasteiger partial charge on any atom is -1.00 e. The van der Waals surface area contributed by atoms with Crippen LogP contribution in [0.5, 0.6) is 0 Å². The smallest absolute Gasteiger partial charge is 0.0918 e. The third-order valence-corrected chi connectivity index (χ3v) is 4.02. The quantitative estimate of drug-likeness (QED) is 0.540. The fourth-order valence-electron chi connectivity index (χ4n) is 6.04. The van der Waals surface area contributed by atoms with E-state index in [-0.39, 0.29) is 43.3 Å². The standard InChI is InChI=1S/C16H36N.FH.3H2O/c1-13(2,3)17(14(4,5)6,15(7,8)9)16(10,11)12;;;;/h1-12H3;1H;3*1H2/q+1;;;;/p-1. The van der Waals surface area contributed by atoms with Gasteiger partial charge in [-0.05, 0) is 83.1 Å². The van der Waals surface area contributed by atoms with Crippen LogP contribution in [0.2, 0.25) is 0 Å². The van der Waals surface area contributed by atoms with Crippen LogP contribution >= 0.6 is 0 Å². The summed E-state index contributed by atoms with van der Waals surface area (Å²) in [6.07, 6.45) is 0. The van der Waals surface area contributed by atoms with Gasteiger partial charge in [-0.25, -0.2) is 0 Å². The monoisotopic (exact) mass is 315 g/mol. The first kappa shape index (κ1) is 32.6. The van der Waals surface area contributed by atoms with Crippen LogP contribution in [0, 0.1) is 0 Å². The molecule has 0 aromatic heterocycles. The summed E-state index contributed by atoms with van der Waals surface area (Å²) < 4.78 is 1.08. The summed E-state index contributed by atoms with van der Waals surface area (Å²) in [6.45, 7) is 28.6. The average molecular weight is 316 g/mol. The molecule has 0 aliphatic carbocycles. The van der Waals surface area contributed by atoms with Crippen LogP contribution in [0.3, 0.4) is 0 Å². The van der Waals surface area contributed by atoms with Crippen LogP contribution in [-0.2, 0) is 0 Å². The van der Waals surface area contributed by atoms with E-state index in [0.717, 1.165) is 4.48 Å². The number of hydrogen-bond donors (Lipinski definition) is 0. The molecule has 21 heavy (non-hydrogen) atoms. The fourth-order valence-corrected chi connectivity index (χ4v) is 6.04. The van der Waals surface area contributed by atoms with E-state index < -0.39 is 0 Å². The second-order valence-corrected chi connectivity index (χ2v) is 9.35. The Morgan fingerprint density at radius 2 is 0.476 bits per heavy atom. The van der Waals surface area contributed by atoms with E-state index >= 15 is 0 Å². The normalized spacial score (nSPS) is 13.1. The maximum atomic E-state index is 2.38. The van der Waals surface area contributed by atoms with Crippen molar-refractivity contribution in [2.24, 2.45) is 0 Å². The molecule has 0 unspecified atom stereocenters. The molecule has 0 aromatic rings. The van der Waals surface area contributed by atoms with Gasteiger partial charge in [0.15, 0.2) is 0 Å². The molecular weight excluding hydrogens is 273 g/mol. The second kappa shape index (κ2) is 7.86. The lowest BCUT2D eigenvalue weighted by atomic mass is 9.75. The Balaban J connectivity index is -0.000000213. The Morgan fingerprint density at radius 1 is 0.381 bits per heavy atom. The van der Waals surface area contributed by atoms with Crippen molar-refractivity contribution in [3.63, 3.8) is 0 Å². The third kappa shape index (κ3) is 4.88. The molecule has 0 fully saturated rings. The molecule has 0 radical (unpaired) electrons. The summed E-state index contributed by atoms with van der Waals surface area (Å²) >= 11 is 0. The highest BCUT2D eigenvalue weighted by atomic mass is 19.0. The zero-order chi connectivity index (χ0) is 14.5. The lowest BCUT2D eigenvalue weighted by Crippen LogP contribution is -3.00. The molecule has 136 valence electrons. The van der Waals surface area contributed by atoms with Crippen LogP contribution in [-0.4, -0.2) is 43.1 Å². The predicted molar refractivity (Wildman–Crippen MR) is 90.1 cm³/mol. The van der Waals surface area contributed by atoms with Gasteiger partial charge in [-0.15, -0.1) is 0 Å². The number of quaternary nitrogens is 1. The highest BCUT2D eigenvalue weighted by Crippen LogP contribution is 2.50. The minimum absolute atomic E-state index is 0. The topological polar surface area (TPSA) is 94.5 Å². The van der Waals surface area contributed by atoms with Gasteiger partial charge >= 0.3 is 0 Å². The molecule has 0 amide bonds. The van der Waals surface area contributed by atoms with Gasteiger partial charge in [0.05, 0.1) is 22.2 Å². The van der Waals surface area contributed by atoms with Crippen LogP contribution in [0.4, 0.5) is 0 Å². The summed E-state index contributed by atoms with van der Waals surface area (Å²) in [7, 11) is 0. The van der Waals surface area contributed by atoms with Crippen molar-refractivity contribution < 1.29 is 25.6 Å². The van der Waals surface area contributed by atoms with Crippen molar-refractivity contribution in [1.82, 2.24) is 0 Å². The van der Waals surface area contributed by atoms with E-state index in [1.54, 1.807) is 0 Å². The van der Waals surface area contributed by atoms with Gasteiger partial charge in [-0.1, -0.05) is 0 Å². The maximum Gasteiger partial charge on any atom is 0.0918 e. The van der Waals surface area contributed by atoms with Crippen LogP contribution in [0.25, 0.3) is 0 Å². The first-order valence-corrected chi connectivity index (χ1v) is 6.89. The number of nitrogens with zero attached hydrogens (tertiary/aromatic N) is 1. The van der Waals surface area contributed by atoms with Gasteiger partial charge in [0.2, 0.25) is 0 Å². The molecule has 0 saturated heterocycles. The van der Waals surface area contributed by atoms with Gasteiger partial charge in [0.25, 0.3) is 0 Å². The first-order valence-electron chi connectivity index (χ1n) is 6.89. The molecule has 5 heteroatoms. The molecule has 0 bridgehead atoms. The Morgan fingerprint density at radius 3 is 0.476 bits per heavy atom. The van der Waals surface area contributed by atoms with Gasteiger partial charge in [-0.3, -0.25) is 0 Å². The largest absolute Gasteiger partial charge is 1.00 e. The van der Waals surface area contributed by atoms with E-state index in [1.807, 2.05) is 0 Å². The third-order valence-electron chi connectivity index (χ3n) is 4.02. The molecule has 0 aliphatic rings. The van der Waals surface area contributed by atoms with Gasteiger partial charge in [0.1, 0.15) is 0 Å². The van der Waals surface area contributed by atoms with Crippen molar-refractivity contribution in [2.45, 2.75) is 105 Å². The highest BCUT2D eigenvalue weighted by Gasteiger charge is 2.62. The fraction of sp³-hybridized carbons (Fsp3) is 1.00. The summed E-state index contributed by atoms with van der Waals surface area (Å²) in [5.41, 5.74) is 0.812. The Labute approximate surface area is 131 Å². The molecule has 0 aliphatic heterocycles. The minimum atomic E-state index is 0. The zero-order valence-electron chi connectivity index (χ0n) is 16.3. The summed E-state index contributed by atoms with van der Waals surface area (Å²) in [4.78, 5) is 0. The van der Waals surface area contributed by atoms with E-state index in [4.69, 9.17) is 0 Å².